The zero-order chi connectivity index (χ0) is 14.0. The van der Waals surface area contributed by atoms with E-state index >= 15 is 0 Å². The average molecular weight is 261 g/mol. The Kier molecular flexibility index (Phi) is 4.25. The molecule has 2 unspecified atom stereocenters. The van der Waals surface area contributed by atoms with E-state index in [0.29, 0.717) is 6.54 Å². The van der Waals surface area contributed by atoms with Gasteiger partial charge in [-0.1, -0.05) is 17.7 Å². The van der Waals surface area contributed by atoms with Crippen molar-refractivity contribution < 1.29 is 9.90 Å². The quantitative estimate of drug-likeness (QED) is 0.877. The van der Waals surface area contributed by atoms with Crippen LogP contribution < -0.4 is 5.32 Å². The summed E-state index contributed by atoms with van der Waals surface area (Å²) < 4.78 is 0. The van der Waals surface area contributed by atoms with Gasteiger partial charge in [0.2, 0.25) is 5.91 Å². The highest BCUT2D eigenvalue weighted by molar-refractivity contribution is 5.79. The maximum absolute atomic E-state index is 12.0. The molecule has 3 nitrogen and oxygen atoms in total. The smallest absolute Gasteiger partial charge is 0.225 e. The van der Waals surface area contributed by atoms with Crippen LogP contribution in [0.1, 0.15) is 41.5 Å². The third kappa shape index (κ3) is 3.16. The Bertz CT molecular complexity index is 459. The highest BCUT2D eigenvalue weighted by Gasteiger charge is 2.31. The molecule has 1 fully saturated rings. The summed E-state index contributed by atoms with van der Waals surface area (Å²) >= 11 is 0. The number of nitrogens with one attached hydrogen (secondary N) is 1. The molecule has 1 saturated carbocycles. The summed E-state index contributed by atoms with van der Waals surface area (Å²) in [6.07, 6.45) is 2.04. The maximum atomic E-state index is 12.0. The highest BCUT2D eigenvalue weighted by Crippen LogP contribution is 2.25. The summed E-state index contributed by atoms with van der Waals surface area (Å²) in [4.78, 5) is 12.0. The lowest BCUT2D eigenvalue weighted by Gasteiger charge is -2.16. The van der Waals surface area contributed by atoms with Crippen LogP contribution in [0.4, 0.5) is 0 Å². The van der Waals surface area contributed by atoms with Crippen molar-refractivity contribution in [3.05, 3.63) is 34.4 Å². The summed E-state index contributed by atoms with van der Waals surface area (Å²) in [5.74, 6) is -0.226. The first-order valence-corrected chi connectivity index (χ1v) is 7.01. The molecule has 0 aliphatic heterocycles. The zero-order valence-corrected chi connectivity index (χ0v) is 12.0. The molecule has 1 amide bonds. The van der Waals surface area contributed by atoms with E-state index in [2.05, 4.69) is 38.2 Å². The molecule has 1 aliphatic carbocycles. The van der Waals surface area contributed by atoms with E-state index in [-0.39, 0.29) is 11.8 Å². The summed E-state index contributed by atoms with van der Waals surface area (Å²) in [6.45, 7) is 6.79. The Morgan fingerprint density at radius 2 is 1.89 bits per heavy atom. The molecule has 1 aromatic rings. The minimum absolute atomic E-state index is 0.00984. The van der Waals surface area contributed by atoms with Crippen molar-refractivity contribution in [2.45, 2.75) is 52.7 Å². The lowest BCUT2D eigenvalue weighted by Crippen LogP contribution is -2.34. The molecule has 2 N–H and O–H groups in total. The fourth-order valence-electron chi connectivity index (χ4n) is 3.04. The molecule has 104 valence electrons. The van der Waals surface area contributed by atoms with Crippen LogP contribution in [-0.4, -0.2) is 17.1 Å². The first-order valence-electron chi connectivity index (χ1n) is 7.01. The Morgan fingerprint density at radius 1 is 1.26 bits per heavy atom. The topological polar surface area (TPSA) is 49.3 Å². The number of aliphatic hydroxyl groups excluding tert-OH is 1. The lowest BCUT2D eigenvalue weighted by molar-refractivity contribution is -0.127. The number of amides is 1. The molecule has 1 aliphatic rings. The summed E-state index contributed by atoms with van der Waals surface area (Å²) in [5.41, 5.74) is 4.86. The van der Waals surface area contributed by atoms with Crippen LogP contribution in [0.3, 0.4) is 0 Å². The Morgan fingerprint density at radius 3 is 2.42 bits per heavy atom. The van der Waals surface area contributed by atoms with Crippen molar-refractivity contribution in [1.82, 2.24) is 5.32 Å². The van der Waals surface area contributed by atoms with Crippen molar-refractivity contribution in [3.8, 4) is 0 Å². The lowest BCUT2D eigenvalue weighted by atomic mass is 9.99. The molecular formula is C16H23NO2. The molecule has 19 heavy (non-hydrogen) atoms. The van der Waals surface area contributed by atoms with E-state index in [0.717, 1.165) is 19.3 Å². The van der Waals surface area contributed by atoms with Crippen LogP contribution in [0.25, 0.3) is 0 Å². The van der Waals surface area contributed by atoms with Crippen LogP contribution >= 0.6 is 0 Å². The fraction of sp³-hybridized carbons (Fsp3) is 0.562. The zero-order valence-electron chi connectivity index (χ0n) is 12.0. The second-order valence-corrected chi connectivity index (χ2v) is 5.70. The van der Waals surface area contributed by atoms with Crippen molar-refractivity contribution >= 4 is 5.91 Å². The van der Waals surface area contributed by atoms with Crippen LogP contribution in [-0.2, 0) is 11.3 Å². The number of rotatable bonds is 3. The van der Waals surface area contributed by atoms with Gasteiger partial charge in [-0.25, -0.2) is 0 Å². The Labute approximate surface area is 115 Å². The van der Waals surface area contributed by atoms with Gasteiger partial charge in [0, 0.05) is 6.54 Å². The predicted molar refractivity (Wildman–Crippen MR) is 75.8 cm³/mol. The van der Waals surface area contributed by atoms with Gasteiger partial charge in [0.05, 0.1) is 12.0 Å². The van der Waals surface area contributed by atoms with Crippen LogP contribution in [0.15, 0.2) is 12.1 Å². The van der Waals surface area contributed by atoms with Crippen molar-refractivity contribution in [2.24, 2.45) is 5.92 Å². The predicted octanol–water partition coefficient (Wildman–Crippen LogP) is 2.39. The molecule has 2 rings (SSSR count). The number of aliphatic hydroxyl groups is 1. The van der Waals surface area contributed by atoms with E-state index in [1.54, 1.807) is 0 Å². The van der Waals surface area contributed by atoms with Gasteiger partial charge in [-0.3, -0.25) is 4.79 Å². The molecule has 3 heteroatoms. The molecule has 2 atom stereocenters. The van der Waals surface area contributed by atoms with E-state index in [1.807, 2.05) is 0 Å². The maximum Gasteiger partial charge on any atom is 0.225 e. The van der Waals surface area contributed by atoms with Gasteiger partial charge in [-0.2, -0.15) is 0 Å². The summed E-state index contributed by atoms with van der Waals surface area (Å²) in [6, 6.07) is 4.28. The van der Waals surface area contributed by atoms with Crippen LogP contribution in [0.5, 0.6) is 0 Å². The molecule has 1 aromatic carbocycles. The second kappa shape index (κ2) is 5.74. The molecular weight excluding hydrogens is 238 g/mol. The first-order chi connectivity index (χ1) is 8.99. The summed E-state index contributed by atoms with van der Waals surface area (Å²) in [7, 11) is 0. The van der Waals surface area contributed by atoms with E-state index < -0.39 is 6.10 Å². The van der Waals surface area contributed by atoms with Gasteiger partial charge in [0.15, 0.2) is 0 Å². The van der Waals surface area contributed by atoms with Gasteiger partial charge in [-0.05, 0) is 56.7 Å². The number of benzene rings is 1. The van der Waals surface area contributed by atoms with E-state index in [4.69, 9.17) is 0 Å². The van der Waals surface area contributed by atoms with E-state index in [1.165, 1.54) is 22.3 Å². The molecule has 0 saturated heterocycles. The number of carbonyl (C=O) groups excluding carboxylic acids is 1. The average Bonchev–Trinajstić information content (AvgIpc) is 2.73. The Balaban J connectivity index is 2.01. The van der Waals surface area contributed by atoms with Crippen LogP contribution in [0.2, 0.25) is 0 Å². The SMILES string of the molecule is Cc1cc(C)c(CNC(=O)C2CCCC2O)c(C)c1. The molecule has 0 radical (unpaired) electrons. The normalized spacial score (nSPS) is 22.5. The van der Waals surface area contributed by atoms with E-state index in [9.17, 15) is 9.90 Å². The highest BCUT2D eigenvalue weighted by atomic mass is 16.3. The van der Waals surface area contributed by atoms with Crippen molar-refractivity contribution in [1.29, 1.82) is 0 Å². The number of hydrogen-bond acceptors (Lipinski definition) is 2. The van der Waals surface area contributed by atoms with Crippen molar-refractivity contribution in [3.63, 3.8) is 0 Å². The monoisotopic (exact) mass is 261 g/mol. The first kappa shape index (κ1) is 14.1. The molecule has 0 spiro atoms. The number of aryl methyl sites for hydroxylation is 3. The van der Waals surface area contributed by atoms with Crippen molar-refractivity contribution in [2.75, 3.05) is 0 Å². The van der Waals surface area contributed by atoms with Gasteiger partial charge < -0.3 is 10.4 Å². The third-order valence-electron chi connectivity index (χ3n) is 4.10. The molecule has 0 bridgehead atoms. The fourth-order valence-corrected chi connectivity index (χ4v) is 3.04. The second-order valence-electron chi connectivity index (χ2n) is 5.70. The third-order valence-corrected chi connectivity index (χ3v) is 4.10. The van der Waals surface area contributed by atoms with Gasteiger partial charge in [-0.15, -0.1) is 0 Å². The number of hydrogen-bond donors (Lipinski definition) is 2. The number of carbonyl (C=O) groups is 1. The minimum atomic E-state index is -0.458. The largest absolute Gasteiger partial charge is 0.392 e. The molecule has 0 heterocycles. The van der Waals surface area contributed by atoms with Gasteiger partial charge >= 0.3 is 0 Å². The van der Waals surface area contributed by atoms with Gasteiger partial charge in [0.25, 0.3) is 0 Å². The molecule has 0 aromatic heterocycles. The Hall–Kier alpha value is -1.35. The standard InChI is InChI=1S/C16H23NO2/c1-10-7-11(2)14(12(3)8-10)9-17-16(19)13-5-4-6-15(13)18/h7-8,13,15,18H,4-6,9H2,1-3H3,(H,17,19). The minimum Gasteiger partial charge on any atom is -0.392 e. The summed E-state index contributed by atoms with van der Waals surface area (Å²) in [5, 5.41) is 12.7. The van der Waals surface area contributed by atoms with Crippen LogP contribution in [0, 0.1) is 26.7 Å². The van der Waals surface area contributed by atoms with Gasteiger partial charge in [0.1, 0.15) is 0 Å².